The van der Waals surface area contributed by atoms with Crippen molar-refractivity contribution in [3.8, 4) is 0 Å². The summed E-state index contributed by atoms with van der Waals surface area (Å²) in [6, 6.07) is 7.93. The molecule has 0 aliphatic carbocycles. The smallest absolute Gasteiger partial charge is 0.326 e. The lowest BCUT2D eigenvalue weighted by molar-refractivity contribution is -0.150. The third kappa shape index (κ3) is 4.60. The molecule has 3 atom stereocenters. The molecular formula is C19H26N2O5. The van der Waals surface area contributed by atoms with E-state index in [2.05, 4.69) is 5.32 Å². The quantitative estimate of drug-likeness (QED) is 0.647. The van der Waals surface area contributed by atoms with Crippen molar-refractivity contribution in [3.63, 3.8) is 0 Å². The number of carboxylic acids is 2. The van der Waals surface area contributed by atoms with E-state index < -0.39 is 29.6 Å². The van der Waals surface area contributed by atoms with Gasteiger partial charge in [0.25, 0.3) is 0 Å². The van der Waals surface area contributed by atoms with Crippen molar-refractivity contribution in [1.29, 1.82) is 0 Å². The Morgan fingerprint density at radius 2 is 1.92 bits per heavy atom. The predicted octanol–water partition coefficient (Wildman–Crippen LogP) is 1.52. The molecule has 1 aromatic carbocycles. The van der Waals surface area contributed by atoms with Gasteiger partial charge in [-0.15, -0.1) is 0 Å². The maximum atomic E-state index is 12.6. The first kappa shape index (κ1) is 19.9. The summed E-state index contributed by atoms with van der Waals surface area (Å²) in [6.07, 6.45) is 1.93. The summed E-state index contributed by atoms with van der Waals surface area (Å²) in [4.78, 5) is 37.1. The van der Waals surface area contributed by atoms with E-state index in [-0.39, 0.29) is 5.91 Å². The van der Waals surface area contributed by atoms with E-state index in [0.29, 0.717) is 32.2 Å². The van der Waals surface area contributed by atoms with Gasteiger partial charge in [-0.05, 0) is 45.1 Å². The van der Waals surface area contributed by atoms with Crippen LogP contribution in [0, 0.1) is 0 Å². The predicted molar refractivity (Wildman–Crippen MR) is 95.8 cm³/mol. The minimum absolute atomic E-state index is 0.312. The van der Waals surface area contributed by atoms with E-state index in [0.717, 1.165) is 5.56 Å². The van der Waals surface area contributed by atoms with Crippen LogP contribution in [0.4, 0.5) is 0 Å². The van der Waals surface area contributed by atoms with Crippen molar-refractivity contribution < 1.29 is 24.6 Å². The summed E-state index contributed by atoms with van der Waals surface area (Å²) in [5, 5.41) is 21.8. The van der Waals surface area contributed by atoms with Crippen LogP contribution in [0.5, 0.6) is 0 Å². The lowest BCUT2D eigenvalue weighted by Gasteiger charge is -2.32. The maximum Gasteiger partial charge on any atom is 0.326 e. The van der Waals surface area contributed by atoms with Crippen molar-refractivity contribution in [2.75, 3.05) is 6.54 Å². The zero-order chi connectivity index (χ0) is 19.3. The molecule has 1 aliphatic heterocycles. The first-order valence-corrected chi connectivity index (χ1v) is 8.83. The minimum atomic E-state index is -1.29. The number of nitrogens with zero attached hydrogens (tertiary/aromatic N) is 1. The number of carbonyl (C=O) groups is 3. The molecule has 1 heterocycles. The molecule has 0 spiro atoms. The van der Waals surface area contributed by atoms with Crippen molar-refractivity contribution in [3.05, 3.63) is 35.9 Å². The molecule has 1 saturated heterocycles. The summed E-state index contributed by atoms with van der Waals surface area (Å²) in [7, 11) is 0. The van der Waals surface area contributed by atoms with E-state index in [4.69, 9.17) is 0 Å². The fraction of sp³-hybridized carbons (Fsp3) is 0.526. The van der Waals surface area contributed by atoms with E-state index in [1.54, 1.807) is 13.8 Å². The zero-order valence-electron chi connectivity index (χ0n) is 15.1. The number of aliphatic carboxylic acids is 2. The standard InChI is InChI=1S/C19H26N2O5/c1-13(16(22)21-12-6-9-15(21)17(23)24)20-19(2,18(25)26)11-10-14-7-4-3-5-8-14/h3-5,7-8,13,15,20H,6,9-12H2,1-2H3,(H,23,24)(H,25,26)/t13-,15-,19+/m0/s1. The van der Waals surface area contributed by atoms with Crippen LogP contribution in [-0.2, 0) is 20.8 Å². The summed E-state index contributed by atoms with van der Waals surface area (Å²) < 4.78 is 0. The number of likely N-dealkylation sites (tertiary alicyclic amines) is 1. The molecule has 7 heteroatoms. The van der Waals surface area contributed by atoms with Gasteiger partial charge in [0.1, 0.15) is 11.6 Å². The molecule has 1 aromatic rings. The van der Waals surface area contributed by atoms with E-state index in [1.807, 2.05) is 30.3 Å². The normalized spacial score (nSPS) is 20.4. The van der Waals surface area contributed by atoms with Crippen LogP contribution in [0.2, 0.25) is 0 Å². The van der Waals surface area contributed by atoms with Crippen LogP contribution in [0.3, 0.4) is 0 Å². The number of nitrogens with one attached hydrogen (secondary N) is 1. The van der Waals surface area contributed by atoms with Gasteiger partial charge >= 0.3 is 11.9 Å². The molecule has 0 saturated carbocycles. The number of hydrogen-bond donors (Lipinski definition) is 3. The molecule has 3 N–H and O–H groups in total. The molecule has 2 rings (SSSR count). The highest BCUT2D eigenvalue weighted by atomic mass is 16.4. The summed E-state index contributed by atoms with van der Waals surface area (Å²) in [5.41, 5.74) is -0.269. The molecule has 0 aromatic heterocycles. The highest BCUT2D eigenvalue weighted by Crippen LogP contribution is 2.21. The molecule has 7 nitrogen and oxygen atoms in total. The monoisotopic (exact) mass is 362 g/mol. The summed E-state index contributed by atoms with van der Waals surface area (Å²) in [6.45, 7) is 3.53. The molecule has 0 unspecified atom stereocenters. The van der Waals surface area contributed by atoms with Crippen LogP contribution >= 0.6 is 0 Å². The Kier molecular flexibility index (Phi) is 6.37. The Morgan fingerprint density at radius 3 is 2.50 bits per heavy atom. The number of carboxylic acid groups (broad SMARTS) is 2. The fourth-order valence-corrected chi connectivity index (χ4v) is 3.36. The minimum Gasteiger partial charge on any atom is -0.480 e. The van der Waals surface area contributed by atoms with Gasteiger partial charge in [0.2, 0.25) is 5.91 Å². The summed E-state index contributed by atoms with van der Waals surface area (Å²) in [5.74, 6) is -2.43. The van der Waals surface area contributed by atoms with Gasteiger partial charge in [-0.2, -0.15) is 0 Å². The van der Waals surface area contributed by atoms with E-state index in [9.17, 15) is 24.6 Å². The Labute approximate surface area is 153 Å². The Morgan fingerprint density at radius 1 is 1.27 bits per heavy atom. The third-order valence-electron chi connectivity index (χ3n) is 4.95. The number of hydrogen-bond acceptors (Lipinski definition) is 4. The average molecular weight is 362 g/mol. The highest BCUT2D eigenvalue weighted by Gasteiger charge is 2.40. The number of aryl methyl sites for hydroxylation is 1. The van der Waals surface area contributed by atoms with Crippen LogP contribution in [-0.4, -0.2) is 57.1 Å². The second-order valence-corrected chi connectivity index (χ2v) is 7.02. The highest BCUT2D eigenvalue weighted by molar-refractivity contribution is 5.88. The topological polar surface area (TPSA) is 107 Å². The van der Waals surface area contributed by atoms with Crippen LogP contribution in [0.1, 0.15) is 38.7 Å². The molecule has 1 amide bonds. The maximum absolute atomic E-state index is 12.6. The van der Waals surface area contributed by atoms with Gasteiger partial charge in [-0.1, -0.05) is 30.3 Å². The van der Waals surface area contributed by atoms with E-state index >= 15 is 0 Å². The number of amides is 1. The number of benzene rings is 1. The molecule has 1 aliphatic rings. The lowest BCUT2D eigenvalue weighted by atomic mass is 9.92. The van der Waals surface area contributed by atoms with Gasteiger partial charge in [0, 0.05) is 6.54 Å². The van der Waals surface area contributed by atoms with Crippen LogP contribution < -0.4 is 5.32 Å². The molecular weight excluding hydrogens is 336 g/mol. The molecule has 26 heavy (non-hydrogen) atoms. The van der Waals surface area contributed by atoms with Crippen molar-refractivity contribution in [1.82, 2.24) is 10.2 Å². The second-order valence-electron chi connectivity index (χ2n) is 7.02. The first-order chi connectivity index (χ1) is 12.2. The Bertz CT molecular complexity index is 663. The van der Waals surface area contributed by atoms with Crippen molar-refractivity contribution in [2.45, 2.75) is 57.2 Å². The van der Waals surface area contributed by atoms with Gasteiger partial charge in [0.05, 0.1) is 6.04 Å². The van der Waals surface area contributed by atoms with Crippen LogP contribution in [0.25, 0.3) is 0 Å². The van der Waals surface area contributed by atoms with E-state index in [1.165, 1.54) is 4.90 Å². The van der Waals surface area contributed by atoms with Gasteiger partial charge in [-0.25, -0.2) is 4.79 Å². The largest absolute Gasteiger partial charge is 0.480 e. The number of carbonyl (C=O) groups excluding carboxylic acids is 1. The molecule has 0 radical (unpaired) electrons. The molecule has 1 fully saturated rings. The third-order valence-corrected chi connectivity index (χ3v) is 4.95. The van der Waals surface area contributed by atoms with Crippen LogP contribution in [0.15, 0.2) is 30.3 Å². The molecule has 0 bridgehead atoms. The molecule has 142 valence electrons. The zero-order valence-corrected chi connectivity index (χ0v) is 15.1. The lowest BCUT2D eigenvalue weighted by Crippen LogP contribution is -2.58. The second kappa shape index (κ2) is 8.31. The SMILES string of the molecule is C[C@H](N[C@](C)(CCc1ccccc1)C(=O)O)C(=O)N1CCC[C@H]1C(=O)O. The van der Waals surface area contributed by atoms with Gasteiger partial charge in [0.15, 0.2) is 0 Å². The number of rotatable bonds is 8. The van der Waals surface area contributed by atoms with Crippen molar-refractivity contribution >= 4 is 17.8 Å². The van der Waals surface area contributed by atoms with Crippen molar-refractivity contribution in [2.24, 2.45) is 0 Å². The Balaban J connectivity index is 2.04. The first-order valence-electron chi connectivity index (χ1n) is 8.83. The fourth-order valence-electron chi connectivity index (χ4n) is 3.36. The Hall–Kier alpha value is -2.41. The average Bonchev–Trinajstić information content (AvgIpc) is 3.10. The van der Waals surface area contributed by atoms with Gasteiger partial charge < -0.3 is 15.1 Å². The van der Waals surface area contributed by atoms with Gasteiger partial charge in [-0.3, -0.25) is 14.9 Å². The summed E-state index contributed by atoms with van der Waals surface area (Å²) >= 11 is 0.